The van der Waals surface area contributed by atoms with Gasteiger partial charge in [0.05, 0.1) is 0 Å². The Hall–Kier alpha value is -0.401. The summed E-state index contributed by atoms with van der Waals surface area (Å²) >= 11 is 2.73. The Morgan fingerprint density at radius 1 is 1.43 bits per heavy atom. The second-order valence-corrected chi connectivity index (χ2v) is 1.92. The molecule has 2 nitrogen and oxygen atoms in total. The van der Waals surface area contributed by atoms with Gasteiger partial charge in [0, 0.05) is 0 Å². The van der Waals surface area contributed by atoms with Gasteiger partial charge in [-0.05, 0) is 0 Å². The van der Waals surface area contributed by atoms with Gasteiger partial charge in [-0.1, -0.05) is 0 Å². The van der Waals surface area contributed by atoms with Crippen LogP contribution < -0.4 is 4.59 Å². The van der Waals surface area contributed by atoms with E-state index in [1.165, 1.54) is 0 Å². The van der Waals surface area contributed by atoms with Gasteiger partial charge in [-0.15, -0.1) is 0 Å². The van der Waals surface area contributed by atoms with E-state index in [2.05, 4.69) is 26.0 Å². The maximum atomic E-state index is 3.86. The summed E-state index contributed by atoms with van der Waals surface area (Å²) in [6, 6.07) is 0. The number of rotatable bonds is 0. The fourth-order valence-electron chi connectivity index (χ4n) is 0.285. The van der Waals surface area contributed by atoms with E-state index in [-0.39, 0.29) is 0 Å². The summed E-state index contributed by atoms with van der Waals surface area (Å²) in [5, 5.41) is 0. The molecule has 0 amide bonds. The molecule has 1 radical (unpaired) electrons. The van der Waals surface area contributed by atoms with Crippen LogP contribution in [0, 0.1) is 0 Å². The molecule has 7 heavy (non-hydrogen) atoms. The van der Waals surface area contributed by atoms with Crippen LogP contribution in [0.5, 0.6) is 0 Å². The summed E-state index contributed by atoms with van der Waals surface area (Å²) in [7, 11) is 0. The summed E-state index contributed by atoms with van der Waals surface area (Å²) in [6.45, 7) is 0. The maximum absolute atomic E-state index is 3.86. The summed E-state index contributed by atoms with van der Waals surface area (Å²) in [4.78, 5) is 7.65. The quantitative estimate of drug-likeness (QED) is 0.465. The zero-order valence-electron chi connectivity index (χ0n) is 3.53. The van der Waals surface area contributed by atoms with Crippen LogP contribution >= 0.6 is 0 Å². The third-order valence-corrected chi connectivity index (χ3v) is 0.982. The van der Waals surface area contributed by atoms with Crippen molar-refractivity contribution < 1.29 is 0 Å². The van der Waals surface area contributed by atoms with Gasteiger partial charge in [-0.25, -0.2) is 0 Å². The molecule has 0 unspecified atom stereocenters. The monoisotopic (exact) mass is 159 g/mol. The normalized spacial score (nSPS) is 8.57. The second-order valence-electron chi connectivity index (χ2n) is 1.04. The Kier molecular flexibility index (Phi) is 1.39. The molecule has 0 N–H and O–H groups in total. The van der Waals surface area contributed by atoms with Crippen molar-refractivity contribution >= 4 is 20.6 Å². The molecular formula is C4H3N2Se. The van der Waals surface area contributed by atoms with E-state index in [9.17, 15) is 0 Å². The third-order valence-electron chi connectivity index (χ3n) is 0.539. The zero-order chi connectivity index (χ0) is 5.11. The molecule has 35 valence electrons. The van der Waals surface area contributed by atoms with Crippen LogP contribution in [0.1, 0.15) is 0 Å². The Balaban J connectivity index is 3.02. The Bertz CT molecular complexity index is 140. The Morgan fingerprint density at radius 2 is 2.29 bits per heavy atom. The average molecular weight is 158 g/mol. The van der Waals surface area contributed by atoms with Crippen LogP contribution in [0.2, 0.25) is 0 Å². The van der Waals surface area contributed by atoms with Gasteiger partial charge in [-0.2, -0.15) is 0 Å². The van der Waals surface area contributed by atoms with E-state index in [1.54, 1.807) is 18.6 Å². The molecule has 0 fully saturated rings. The van der Waals surface area contributed by atoms with Gasteiger partial charge in [0.1, 0.15) is 0 Å². The van der Waals surface area contributed by atoms with Gasteiger partial charge in [0.2, 0.25) is 0 Å². The van der Waals surface area contributed by atoms with Crippen molar-refractivity contribution in [3.63, 3.8) is 0 Å². The summed E-state index contributed by atoms with van der Waals surface area (Å²) < 4.78 is 0.836. The summed E-state index contributed by atoms with van der Waals surface area (Å²) in [5.74, 6) is 0. The molecule has 1 aromatic heterocycles. The molecule has 0 saturated carbocycles. The second kappa shape index (κ2) is 2.05. The first-order valence-corrected chi connectivity index (χ1v) is 2.68. The molecule has 0 atom stereocenters. The minimum atomic E-state index is 0.836. The number of hydrogen-bond acceptors (Lipinski definition) is 2. The van der Waals surface area contributed by atoms with E-state index in [1.807, 2.05) is 0 Å². The Labute approximate surface area is 49.8 Å². The predicted molar refractivity (Wildman–Crippen MR) is 27.4 cm³/mol. The van der Waals surface area contributed by atoms with Gasteiger partial charge in [0.15, 0.2) is 0 Å². The molecule has 1 aromatic rings. The molecular weight excluding hydrogens is 155 g/mol. The van der Waals surface area contributed by atoms with E-state index in [0.29, 0.717) is 0 Å². The van der Waals surface area contributed by atoms with E-state index >= 15 is 0 Å². The van der Waals surface area contributed by atoms with Crippen LogP contribution in [0.4, 0.5) is 0 Å². The van der Waals surface area contributed by atoms with Crippen molar-refractivity contribution in [2.75, 3.05) is 0 Å². The van der Waals surface area contributed by atoms with E-state index < -0.39 is 0 Å². The van der Waals surface area contributed by atoms with Gasteiger partial charge < -0.3 is 0 Å². The van der Waals surface area contributed by atoms with Crippen molar-refractivity contribution in [1.82, 2.24) is 9.97 Å². The summed E-state index contributed by atoms with van der Waals surface area (Å²) in [6.07, 6.45) is 4.95. The predicted octanol–water partition coefficient (Wildman–Crippen LogP) is -0.730. The molecule has 0 bridgehead atoms. The topological polar surface area (TPSA) is 25.8 Å². The van der Waals surface area contributed by atoms with Crippen LogP contribution in [0.25, 0.3) is 0 Å². The van der Waals surface area contributed by atoms with Gasteiger partial charge in [0.25, 0.3) is 0 Å². The molecule has 1 rings (SSSR count). The summed E-state index contributed by atoms with van der Waals surface area (Å²) in [5.41, 5.74) is 0. The standard InChI is InChI=1S/C4H3N2Se/c7-4-3-5-1-2-6-4/h1-3H. The average Bonchev–Trinajstić information content (AvgIpc) is 1.69. The van der Waals surface area contributed by atoms with Crippen LogP contribution in [-0.2, 0) is 0 Å². The molecule has 0 aliphatic heterocycles. The Morgan fingerprint density at radius 3 is 2.57 bits per heavy atom. The molecule has 3 heteroatoms. The van der Waals surface area contributed by atoms with Crippen molar-refractivity contribution in [1.29, 1.82) is 0 Å². The first-order valence-electron chi connectivity index (χ1n) is 1.82. The zero-order valence-corrected chi connectivity index (χ0v) is 5.25. The molecule has 1 heterocycles. The van der Waals surface area contributed by atoms with Gasteiger partial charge >= 0.3 is 49.2 Å². The van der Waals surface area contributed by atoms with Crippen molar-refractivity contribution in [3.05, 3.63) is 18.6 Å². The van der Waals surface area contributed by atoms with Crippen LogP contribution in [-0.4, -0.2) is 26.0 Å². The molecule has 0 aliphatic carbocycles. The first-order chi connectivity index (χ1) is 3.39. The van der Waals surface area contributed by atoms with Crippen molar-refractivity contribution in [2.45, 2.75) is 0 Å². The van der Waals surface area contributed by atoms with Gasteiger partial charge in [-0.3, -0.25) is 0 Å². The van der Waals surface area contributed by atoms with Crippen molar-refractivity contribution in [3.8, 4) is 0 Å². The SMILES string of the molecule is [Se]c1cnccn1. The molecule has 0 aromatic carbocycles. The molecule has 0 aliphatic rings. The van der Waals surface area contributed by atoms with Crippen molar-refractivity contribution in [2.24, 2.45) is 0 Å². The van der Waals surface area contributed by atoms with E-state index in [4.69, 9.17) is 0 Å². The fraction of sp³-hybridized carbons (Fsp3) is 0. The van der Waals surface area contributed by atoms with Crippen LogP contribution in [0.3, 0.4) is 0 Å². The fourth-order valence-corrected chi connectivity index (χ4v) is 0.541. The number of hydrogen-bond donors (Lipinski definition) is 0. The number of nitrogens with zero attached hydrogens (tertiary/aromatic N) is 2. The minimum absolute atomic E-state index is 0.836. The molecule has 0 spiro atoms. The first kappa shape index (κ1) is 4.75. The molecule has 0 saturated heterocycles. The van der Waals surface area contributed by atoms with Crippen LogP contribution in [0.15, 0.2) is 18.6 Å². The van der Waals surface area contributed by atoms with E-state index in [0.717, 1.165) is 4.59 Å². The third kappa shape index (κ3) is 1.26. The number of aromatic nitrogens is 2.